The number of nitrogens with zero attached hydrogens (tertiary/aromatic N) is 2. The van der Waals surface area contributed by atoms with Crippen LogP contribution in [0.25, 0.3) is 0 Å². The summed E-state index contributed by atoms with van der Waals surface area (Å²) in [5, 5.41) is 7.16. The molecule has 148 valence electrons. The summed E-state index contributed by atoms with van der Waals surface area (Å²) >= 11 is 0. The number of aliphatic imine (C=N–C) groups is 2. The van der Waals surface area contributed by atoms with Gasteiger partial charge in [-0.2, -0.15) is 0 Å². The van der Waals surface area contributed by atoms with E-state index in [2.05, 4.69) is 71.4 Å². The molecule has 28 heavy (non-hydrogen) atoms. The number of hydrogen-bond acceptors (Lipinski definition) is 4. The van der Waals surface area contributed by atoms with Crippen molar-refractivity contribution in [2.75, 3.05) is 26.2 Å². The van der Waals surface area contributed by atoms with Crippen molar-refractivity contribution >= 4 is 11.4 Å². The number of rotatable bonds is 0. The highest BCUT2D eigenvalue weighted by atomic mass is 14.9. The molecule has 0 aromatic rings. The van der Waals surface area contributed by atoms with Crippen LogP contribution in [0.4, 0.5) is 0 Å². The summed E-state index contributed by atoms with van der Waals surface area (Å²) in [7, 11) is 0. The summed E-state index contributed by atoms with van der Waals surface area (Å²) in [6.45, 7) is 3.69. The third-order valence-electron chi connectivity index (χ3n) is 4.90. The van der Waals surface area contributed by atoms with Gasteiger partial charge in [0.1, 0.15) is 0 Å². The summed E-state index contributed by atoms with van der Waals surface area (Å²) in [6, 6.07) is 0. The molecule has 0 aromatic carbocycles. The first-order valence-electron chi connectivity index (χ1n) is 10.6. The van der Waals surface area contributed by atoms with Crippen molar-refractivity contribution in [2.45, 2.75) is 38.5 Å². The van der Waals surface area contributed by atoms with E-state index in [9.17, 15) is 0 Å². The maximum atomic E-state index is 4.83. The molecule has 0 bridgehead atoms. The molecule has 0 spiro atoms. The Balaban J connectivity index is 1.63. The Bertz CT molecular complexity index is 683. The quantitative estimate of drug-likeness (QED) is 0.657. The van der Waals surface area contributed by atoms with Crippen LogP contribution in [-0.2, 0) is 0 Å². The Morgan fingerprint density at radius 3 is 1.57 bits per heavy atom. The summed E-state index contributed by atoms with van der Waals surface area (Å²) < 4.78 is 0. The molecule has 3 aliphatic rings. The number of fused-ring (bicyclic) bond motifs is 2. The van der Waals surface area contributed by atoms with Crippen molar-refractivity contribution in [3.63, 3.8) is 0 Å². The SMILES string of the molecule is C1=CC=C2NCCCCCNC3=CC=CC=CC3=NCCCCCN=C2C=C1. The average Bonchev–Trinajstić information content (AvgIpc) is 3.06. The Labute approximate surface area is 169 Å². The molecule has 4 nitrogen and oxygen atoms in total. The van der Waals surface area contributed by atoms with E-state index in [0.29, 0.717) is 0 Å². The predicted molar refractivity (Wildman–Crippen MR) is 121 cm³/mol. The number of nitrogens with one attached hydrogen (secondary N) is 2. The number of allylic oxidation sites excluding steroid dienone is 10. The maximum Gasteiger partial charge on any atom is 0.0805 e. The Kier molecular flexibility index (Phi) is 8.60. The van der Waals surface area contributed by atoms with Gasteiger partial charge < -0.3 is 10.6 Å². The first-order valence-corrected chi connectivity index (χ1v) is 10.6. The highest BCUT2D eigenvalue weighted by molar-refractivity contribution is 6.09. The first kappa shape index (κ1) is 20.1. The van der Waals surface area contributed by atoms with Gasteiger partial charge in [0.15, 0.2) is 0 Å². The molecule has 1 aliphatic heterocycles. The van der Waals surface area contributed by atoms with Gasteiger partial charge in [0, 0.05) is 26.2 Å². The molecule has 0 aromatic heterocycles. The normalized spacial score (nSPS) is 21.7. The molecule has 0 fully saturated rings. The van der Waals surface area contributed by atoms with Crippen molar-refractivity contribution in [2.24, 2.45) is 9.98 Å². The lowest BCUT2D eigenvalue weighted by molar-refractivity contribution is 0.629. The lowest BCUT2D eigenvalue weighted by Gasteiger charge is -2.13. The van der Waals surface area contributed by atoms with E-state index in [4.69, 9.17) is 9.98 Å². The molecule has 0 saturated heterocycles. The summed E-state index contributed by atoms with van der Waals surface area (Å²) in [4.78, 5) is 9.66. The second-order valence-corrected chi connectivity index (χ2v) is 7.16. The van der Waals surface area contributed by atoms with E-state index in [-0.39, 0.29) is 0 Å². The largest absolute Gasteiger partial charge is 0.383 e. The third kappa shape index (κ3) is 6.84. The minimum Gasteiger partial charge on any atom is -0.383 e. The molecule has 2 aliphatic carbocycles. The predicted octanol–water partition coefficient (Wildman–Crippen LogP) is 4.42. The monoisotopic (exact) mass is 376 g/mol. The highest BCUT2D eigenvalue weighted by Gasteiger charge is 2.06. The molecule has 0 atom stereocenters. The Hall–Kier alpha value is -2.62. The molecule has 0 unspecified atom stereocenters. The highest BCUT2D eigenvalue weighted by Crippen LogP contribution is 2.08. The van der Waals surface area contributed by atoms with Crippen LogP contribution in [-0.4, -0.2) is 37.6 Å². The molecule has 0 amide bonds. The molecule has 1 heterocycles. The van der Waals surface area contributed by atoms with Crippen LogP contribution < -0.4 is 10.6 Å². The minimum absolute atomic E-state index is 0.867. The van der Waals surface area contributed by atoms with Gasteiger partial charge in [0.2, 0.25) is 0 Å². The summed E-state index contributed by atoms with van der Waals surface area (Å²) in [6.07, 6.45) is 27.7. The molecule has 0 radical (unpaired) electrons. The van der Waals surface area contributed by atoms with Gasteiger partial charge in [-0.05, 0) is 62.8 Å². The van der Waals surface area contributed by atoms with Gasteiger partial charge in [-0.15, -0.1) is 0 Å². The van der Waals surface area contributed by atoms with Crippen molar-refractivity contribution in [3.05, 3.63) is 72.2 Å². The van der Waals surface area contributed by atoms with Crippen LogP contribution >= 0.6 is 0 Å². The zero-order chi connectivity index (χ0) is 19.3. The van der Waals surface area contributed by atoms with E-state index in [0.717, 1.165) is 81.1 Å². The molecular formula is C24H32N4. The topological polar surface area (TPSA) is 48.8 Å². The second kappa shape index (κ2) is 12.0. The van der Waals surface area contributed by atoms with E-state index >= 15 is 0 Å². The van der Waals surface area contributed by atoms with E-state index < -0.39 is 0 Å². The molecule has 2 N–H and O–H groups in total. The van der Waals surface area contributed by atoms with Gasteiger partial charge in [-0.3, -0.25) is 9.98 Å². The first-order chi connectivity index (χ1) is 13.9. The zero-order valence-electron chi connectivity index (χ0n) is 16.7. The van der Waals surface area contributed by atoms with Gasteiger partial charge in [-0.25, -0.2) is 0 Å². The van der Waals surface area contributed by atoms with Gasteiger partial charge in [-0.1, -0.05) is 36.5 Å². The van der Waals surface area contributed by atoms with Gasteiger partial charge in [0.25, 0.3) is 0 Å². The minimum atomic E-state index is 0.867. The van der Waals surface area contributed by atoms with Crippen molar-refractivity contribution in [1.29, 1.82) is 0 Å². The fourth-order valence-electron chi connectivity index (χ4n) is 3.32. The van der Waals surface area contributed by atoms with Gasteiger partial charge in [0.05, 0.1) is 22.8 Å². The molecular weight excluding hydrogens is 344 g/mol. The van der Waals surface area contributed by atoms with Crippen LogP contribution in [0.3, 0.4) is 0 Å². The van der Waals surface area contributed by atoms with Crippen LogP contribution in [0.15, 0.2) is 82.1 Å². The second-order valence-electron chi connectivity index (χ2n) is 7.16. The lowest BCUT2D eigenvalue weighted by atomic mass is 10.2. The maximum absolute atomic E-state index is 4.83. The standard InChI is InChI=1S/C24H32N4/c1-5-13-21-22(14-6-1)26-18-10-4-12-20-28-24-16-8-2-7-15-23(24)27-19-11-3-9-17-25-21/h1-2,5-8,13-16,25,27H,3-4,9-12,17-20H2. The van der Waals surface area contributed by atoms with Crippen LogP contribution in [0.2, 0.25) is 0 Å². The number of hydrogen-bond donors (Lipinski definition) is 2. The summed E-state index contributed by atoms with van der Waals surface area (Å²) in [5.74, 6) is 0. The smallest absolute Gasteiger partial charge is 0.0805 e. The van der Waals surface area contributed by atoms with Crippen LogP contribution in [0, 0.1) is 0 Å². The Morgan fingerprint density at radius 1 is 0.536 bits per heavy atom. The van der Waals surface area contributed by atoms with Crippen LogP contribution in [0.1, 0.15) is 38.5 Å². The average molecular weight is 377 g/mol. The summed E-state index contributed by atoms with van der Waals surface area (Å²) in [5.41, 5.74) is 4.42. The third-order valence-corrected chi connectivity index (χ3v) is 4.90. The Morgan fingerprint density at radius 2 is 1.04 bits per heavy atom. The van der Waals surface area contributed by atoms with Crippen LogP contribution in [0.5, 0.6) is 0 Å². The fraction of sp³-hybridized carbons (Fsp3) is 0.417. The van der Waals surface area contributed by atoms with Gasteiger partial charge >= 0.3 is 0 Å². The van der Waals surface area contributed by atoms with Crippen molar-refractivity contribution < 1.29 is 0 Å². The van der Waals surface area contributed by atoms with E-state index in [1.807, 2.05) is 0 Å². The molecule has 4 heteroatoms. The van der Waals surface area contributed by atoms with Crippen molar-refractivity contribution in [1.82, 2.24) is 10.6 Å². The molecule has 0 saturated carbocycles. The lowest BCUT2D eigenvalue weighted by Crippen LogP contribution is -2.22. The molecule has 3 rings (SSSR count). The van der Waals surface area contributed by atoms with E-state index in [1.165, 1.54) is 6.42 Å². The van der Waals surface area contributed by atoms with Crippen molar-refractivity contribution in [3.8, 4) is 0 Å². The van der Waals surface area contributed by atoms with E-state index in [1.54, 1.807) is 0 Å². The fourth-order valence-corrected chi connectivity index (χ4v) is 3.32. The zero-order valence-corrected chi connectivity index (χ0v) is 16.7.